The van der Waals surface area contributed by atoms with Crippen molar-refractivity contribution in [3.63, 3.8) is 0 Å². The van der Waals surface area contributed by atoms with Gasteiger partial charge < -0.3 is 10.3 Å². The van der Waals surface area contributed by atoms with E-state index in [0.29, 0.717) is 17.9 Å². The Morgan fingerprint density at radius 2 is 2.12 bits per heavy atom. The Morgan fingerprint density at radius 3 is 2.79 bits per heavy atom. The molecule has 5 aromatic heterocycles. The molecule has 10 nitrogen and oxygen atoms in total. The standard InChI is InChI=1S/C21H19F2N9OS/c1-3-13(19-25-10-27-29-19)28-21(33)12-6-14(32-16(18(22)23)8-26-30-32)20-24-7-15(31(20)9-12)17-5-4-11(2)34-17/h4-10,13,18H,3H2,1-2H3,(H,28,33)(H,25,27,29). The smallest absolute Gasteiger partial charge is 0.282 e. The van der Waals surface area contributed by atoms with Gasteiger partial charge in [0.25, 0.3) is 12.3 Å². The molecule has 174 valence electrons. The van der Waals surface area contributed by atoms with Crippen molar-refractivity contribution in [3.05, 3.63) is 65.1 Å². The summed E-state index contributed by atoms with van der Waals surface area (Å²) in [4.78, 5) is 22.7. The van der Waals surface area contributed by atoms with Crippen molar-refractivity contribution in [1.82, 2.24) is 44.9 Å². The van der Waals surface area contributed by atoms with Gasteiger partial charge in [-0.2, -0.15) is 0 Å². The van der Waals surface area contributed by atoms with E-state index < -0.39 is 24.1 Å². The van der Waals surface area contributed by atoms with Gasteiger partial charge in [-0.3, -0.25) is 9.20 Å². The third kappa shape index (κ3) is 3.83. The molecule has 1 atom stereocenters. The number of fused-ring (bicyclic) bond motifs is 1. The predicted molar refractivity (Wildman–Crippen MR) is 120 cm³/mol. The van der Waals surface area contributed by atoms with Crippen LogP contribution in [0.15, 0.2) is 43.1 Å². The van der Waals surface area contributed by atoms with E-state index in [-0.39, 0.29) is 11.3 Å². The van der Waals surface area contributed by atoms with Crippen molar-refractivity contribution < 1.29 is 13.6 Å². The molecule has 0 radical (unpaired) electrons. The number of nitrogens with zero attached hydrogens (tertiary/aromatic N) is 7. The number of halogens is 2. The number of rotatable bonds is 7. The van der Waals surface area contributed by atoms with Crippen LogP contribution in [0.4, 0.5) is 8.78 Å². The van der Waals surface area contributed by atoms with Gasteiger partial charge in [0.15, 0.2) is 11.5 Å². The second-order valence-electron chi connectivity index (χ2n) is 7.54. The number of aromatic nitrogens is 8. The first-order chi connectivity index (χ1) is 16.5. The first-order valence-corrected chi connectivity index (χ1v) is 11.2. The van der Waals surface area contributed by atoms with E-state index in [2.05, 4.69) is 35.8 Å². The second-order valence-corrected chi connectivity index (χ2v) is 8.83. The Labute approximate surface area is 195 Å². The van der Waals surface area contributed by atoms with Gasteiger partial charge in [-0.1, -0.05) is 12.1 Å². The SMILES string of the molecule is CCC(NC(=O)c1cc(-n2nncc2C(F)F)c2ncc(-c3ccc(C)s3)n2c1)c1nnc[nH]1. The Balaban J connectivity index is 1.65. The maximum absolute atomic E-state index is 13.6. The quantitative estimate of drug-likeness (QED) is 0.363. The van der Waals surface area contributed by atoms with Gasteiger partial charge in [0.2, 0.25) is 0 Å². The highest BCUT2D eigenvalue weighted by atomic mass is 32.1. The Morgan fingerprint density at radius 1 is 1.26 bits per heavy atom. The van der Waals surface area contributed by atoms with Crippen LogP contribution in [0.2, 0.25) is 0 Å². The number of aromatic amines is 1. The number of carbonyl (C=O) groups is 1. The lowest BCUT2D eigenvalue weighted by molar-refractivity contribution is 0.0933. The molecule has 2 N–H and O–H groups in total. The third-order valence-electron chi connectivity index (χ3n) is 5.35. The fraction of sp³-hybridized carbons (Fsp3) is 0.238. The maximum Gasteiger partial charge on any atom is 0.282 e. The Kier molecular flexibility index (Phi) is 5.61. The number of pyridine rings is 1. The van der Waals surface area contributed by atoms with Crippen molar-refractivity contribution >= 4 is 22.9 Å². The first-order valence-electron chi connectivity index (χ1n) is 10.4. The third-order valence-corrected chi connectivity index (χ3v) is 6.37. The van der Waals surface area contributed by atoms with Crippen molar-refractivity contribution in [3.8, 4) is 16.3 Å². The first kappa shape index (κ1) is 21.8. The van der Waals surface area contributed by atoms with Crippen molar-refractivity contribution in [1.29, 1.82) is 0 Å². The number of carbonyl (C=O) groups excluding carboxylic acids is 1. The predicted octanol–water partition coefficient (Wildman–Crippen LogP) is 3.89. The average Bonchev–Trinajstić information content (AvgIpc) is 3.62. The number of nitrogens with one attached hydrogen (secondary N) is 2. The van der Waals surface area contributed by atoms with Crippen molar-refractivity contribution in [2.75, 3.05) is 0 Å². The zero-order valence-corrected chi connectivity index (χ0v) is 18.9. The van der Waals surface area contributed by atoms with E-state index in [9.17, 15) is 13.6 Å². The fourth-order valence-corrected chi connectivity index (χ4v) is 4.55. The van der Waals surface area contributed by atoms with Gasteiger partial charge in [-0.05, 0) is 31.5 Å². The molecule has 0 aliphatic heterocycles. The molecule has 0 bridgehead atoms. The van der Waals surface area contributed by atoms with E-state index in [0.717, 1.165) is 26.3 Å². The molecule has 1 amide bonds. The number of amides is 1. The lowest BCUT2D eigenvalue weighted by atomic mass is 10.1. The van der Waals surface area contributed by atoms with E-state index in [1.54, 1.807) is 28.1 Å². The molecule has 13 heteroatoms. The van der Waals surface area contributed by atoms with Gasteiger partial charge in [-0.15, -0.1) is 26.6 Å². The number of H-pyrrole nitrogens is 1. The maximum atomic E-state index is 13.6. The molecular weight excluding hydrogens is 464 g/mol. The highest BCUT2D eigenvalue weighted by Gasteiger charge is 2.23. The molecule has 0 aromatic carbocycles. The van der Waals surface area contributed by atoms with E-state index in [1.807, 2.05) is 26.0 Å². The molecule has 5 rings (SSSR count). The van der Waals surface area contributed by atoms with Crippen LogP contribution < -0.4 is 5.32 Å². The minimum absolute atomic E-state index is 0.215. The normalized spacial score (nSPS) is 12.5. The van der Waals surface area contributed by atoms with Crippen molar-refractivity contribution in [2.24, 2.45) is 0 Å². The Hall–Kier alpha value is -4.00. The van der Waals surface area contributed by atoms with Gasteiger partial charge in [0, 0.05) is 11.1 Å². The van der Waals surface area contributed by atoms with Crippen LogP contribution >= 0.6 is 11.3 Å². The summed E-state index contributed by atoms with van der Waals surface area (Å²) in [6.07, 6.45) is 3.48. The molecule has 5 aromatic rings. The van der Waals surface area contributed by atoms with Crippen LogP contribution in [0.25, 0.3) is 21.9 Å². The second kappa shape index (κ2) is 8.74. The zero-order valence-electron chi connectivity index (χ0n) is 18.1. The summed E-state index contributed by atoms with van der Waals surface area (Å²) in [5.74, 6) is 0.109. The lowest BCUT2D eigenvalue weighted by Gasteiger charge is -2.16. The Bertz CT molecular complexity index is 1450. The molecule has 5 heterocycles. The largest absolute Gasteiger partial charge is 0.342 e. The van der Waals surface area contributed by atoms with Crippen molar-refractivity contribution in [2.45, 2.75) is 32.7 Å². The molecule has 0 saturated carbocycles. The van der Waals surface area contributed by atoms with Crippen LogP contribution in [0.3, 0.4) is 0 Å². The molecule has 0 fully saturated rings. The van der Waals surface area contributed by atoms with E-state index >= 15 is 0 Å². The van der Waals surface area contributed by atoms with Gasteiger partial charge in [-0.25, -0.2) is 18.4 Å². The number of aryl methyl sites for hydroxylation is 1. The van der Waals surface area contributed by atoms with Gasteiger partial charge >= 0.3 is 0 Å². The minimum atomic E-state index is -2.81. The number of alkyl halides is 2. The summed E-state index contributed by atoms with van der Waals surface area (Å²) in [5, 5.41) is 18.2. The number of hydrogen-bond acceptors (Lipinski definition) is 7. The fourth-order valence-electron chi connectivity index (χ4n) is 3.67. The highest BCUT2D eigenvalue weighted by molar-refractivity contribution is 7.15. The summed E-state index contributed by atoms with van der Waals surface area (Å²) in [5.41, 5.74) is 1.15. The summed E-state index contributed by atoms with van der Waals surface area (Å²) < 4.78 is 30.0. The summed E-state index contributed by atoms with van der Waals surface area (Å²) in [6, 6.07) is 5.01. The molecule has 0 saturated heterocycles. The number of hydrogen-bond donors (Lipinski definition) is 2. The van der Waals surface area contributed by atoms with Crippen LogP contribution in [0, 0.1) is 6.92 Å². The van der Waals surface area contributed by atoms with Crippen LogP contribution in [-0.4, -0.2) is 45.5 Å². The summed E-state index contributed by atoms with van der Waals surface area (Å²) in [6.45, 7) is 3.89. The van der Waals surface area contributed by atoms with Crippen LogP contribution in [0.1, 0.15) is 52.6 Å². The number of imidazole rings is 1. The van der Waals surface area contributed by atoms with Gasteiger partial charge in [0.1, 0.15) is 17.7 Å². The van der Waals surface area contributed by atoms with Crippen LogP contribution in [-0.2, 0) is 0 Å². The van der Waals surface area contributed by atoms with Crippen LogP contribution in [0.5, 0.6) is 0 Å². The van der Waals surface area contributed by atoms with E-state index in [1.165, 1.54) is 12.4 Å². The topological polar surface area (TPSA) is 119 Å². The van der Waals surface area contributed by atoms with Gasteiger partial charge in [0.05, 0.1) is 34.6 Å². The minimum Gasteiger partial charge on any atom is -0.342 e. The molecule has 0 spiro atoms. The average molecular weight is 484 g/mol. The zero-order chi connectivity index (χ0) is 23.8. The molecule has 0 aliphatic rings. The summed E-state index contributed by atoms with van der Waals surface area (Å²) in [7, 11) is 0. The molecule has 34 heavy (non-hydrogen) atoms. The molecule has 1 unspecified atom stereocenters. The lowest BCUT2D eigenvalue weighted by Crippen LogP contribution is -2.29. The monoisotopic (exact) mass is 483 g/mol. The molecule has 0 aliphatic carbocycles. The highest BCUT2D eigenvalue weighted by Crippen LogP contribution is 2.31. The van der Waals surface area contributed by atoms with E-state index in [4.69, 9.17) is 0 Å². The molecular formula is C21H19F2N9OS. The summed E-state index contributed by atoms with van der Waals surface area (Å²) >= 11 is 1.56. The number of thiophene rings is 1.